The van der Waals surface area contributed by atoms with Crippen LogP contribution in [0.4, 0.5) is 0 Å². The van der Waals surface area contributed by atoms with Gasteiger partial charge in [0.1, 0.15) is 21.8 Å². The molecule has 3 aromatic rings. The molecule has 9 heteroatoms. The van der Waals surface area contributed by atoms with Gasteiger partial charge in [-0.1, -0.05) is 29.5 Å². The van der Waals surface area contributed by atoms with E-state index in [1.807, 2.05) is 38.1 Å². The van der Waals surface area contributed by atoms with Crippen molar-refractivity contribution in [1.82, 2.24) is 14.9 Å². The Morgan fingerprint density at radius 1 is 1.29 bits per heavy atom. The molecule has 0 aliphatic heterocycles. The van der Waals surface area contributed by atoms with E-state index in [1.165, 1.54) is 11.3 Å². The molecule has 1 aliphatic rings. The van der Waals surface area contributed by atoms with E-state index in [9.17, 15) is 14.0 Å². The molecule has 7 nitrogen and oxygen atoms in total. The largest absolute Gasteiger partial charge is 0.490 e. The first kappa shape index (κ1) is 21.6. The second-order valence-electron chi connectivity index (χ2n) is 7.59. The van der Waals surface area contributed by atoms with E-state index in [2.05, 4.69) is 21.0 Å². The lowest BCUT2D eigenvalue weighted by Crippen LogP contribution is -2.26. The minimum Gasteiger partial charge on any atom is -0.490 e. The van der Waals surface area contributed by atoms with E-state index in [0.717, 1.165) is 51.5 Å². The SMILES string of the molecule is CC(C)Oc1ccc(-c2nnc(-c3cccc4c3CCCC4NS(=O)O)s2)cc1C#N. The van der Waals surface area contributed by atoms with Gasteiger partial charge in [0.05, 0.1) is 11.7 Å². The van der Waals surface area contributed by atoms with E-state index in [0.29, 0.717) is 11.3 Å². The molecule has 1 aromatic heterocycles. The number of hydrogen-bond donors (Lipinski definition) is 2. The van der Waals surface area contributed by atoms with E-state index < -0.39 is 11.3 Å². The van der Waals surface area contributed by atoms with E-state index in [4.69, 9.17) is 4.74 Å². The molecule has 4 rings (SSSR count). The highest BCUT2D eigenvalue weighted by Gasteiger charge is 2.25. The maximum Gasteiger partial charge on any atom is 0.232 e. The van der Waals surface area contributed by atoms with Crippen LogP contribution in [-0.2, 0) is 17.7 Å². The van der Waals surface area contributed by atoms with Crippen LogP contribution in [-0.4, -0.2) is 25.1 Å². The smallest absolute Gasteiger partial charge is 0.232 e. The molecule has 0 radical (unpaired) electrons. The highest BCUT2D eigenvalue weighted by molar-refractivity contribution is 7.77. The van der Waals surface area contributed by atoms with Crippen molar-refractivity contribution in [2.24, 2.45) is 0 Å². The topological polar surface area (TPSA) is 108 Å². The number of rotatable bonds is 6. The first-order chi connectivity index (χ1) is 15.0. The molecule has 2 N–H and O–H groups in total. The maximum atomic E-state index is 11.3. The number of benzene rings is 2. The second-order valence-corrected chi connectivity index (χ2v) is 9.30. The van der Waals surface area contributed by atoms with Gasteiger partial charge < -0.3 is 4.74 Å². The first-order valence-corrected chi connectivity index (χ1v) is 11.9. The van der Waals surface area contributed by atoms with Crippen LogP contribution in [0.1, 0.15) is 49.4 Å². The van der Waals surface area contributed by atoms with Gasteiger partial charge >= 0.3 is 0 Å². The quantitative estimate of drug-likeness (QED) is 0.526. The fraction of sp³-hybridized carbons (Fsp3) is 0.318. The normalized spacial score (nSPS) is 16.5. The molecule has 0 spiro atoms. The van der Waals surface area contributed by atoms with Crippen LogP contribution in [0.2, 0.25) is 0 Å². The molecule has 31 heavy (non-hydrogen) atoms. The lowest BCUT2D eigenvalue weighted by atomic mass is 9.85. The minimum absolute atomic E-state index is 0.0167. The maximum absolute atomic E-state index is 11.3. The Labute approximate surface area is 187 Å². The Hall–Kier alpha value is -2.64. The number of nitrogens with zero attached hydrogens (tertiary/aromatic N) is 3. The summed E-state index contributed by atoms with van der Waals surface area (Å²) in [6.45, 7) is 3.84. The van der Waals surface area contributed by atoms with Crippen molar-refractivity contribution in [3.8, 4) is 33.0 Å². The predicted molar refractivity (Wildman–Crippen MR) is 121 cm³/mol. The summed E-state index contributed by atoms with van der Waals surface area (Å²) in [4.78, 5) is 0. The van der Waals surface area contributed by atoms with Crippen LogP contribution in [0, 0.1) is 11.3 Å². The lowest BCUT2D eigenvalue weighted by Gasteiger charge is -2.26. The van der Waals surface area contributed by atoms with Gasteiger partial charge in [0.2, 0.25) is 11.3 Å². The van der Waals surface area contributed by atoms with Crippen molar-refractivity contribution in [1.29, 1.82) is 5.26 Å². The summed E-state index contributed by atoms with van der Waals surface area (Å²) >= 11 is -0.600. The van der Waals surface area contributed by atoms with Crippen molar-refractivity contribution < 1.29 is 13.5 Å². The zero-order valence-corrected chi connectivity index (χ0v) is 18.8. The number of ether oxygens (including phenoxy) is 1. The van der Waals surface area contributed by atoms with Crippen LogP contribution in [0.15, 0.2) is 36.4 Å². The lowest BCUT2D eigenvalue weighted by molar-refractivity contribution is 0.242. The fourth-order valence-corrected chi connectivity index (χ4v) is 5.23. The summed E-state index contributed by atoms with van der Waals surface area (Å²) in [5, 5.41) is 19.8. The Balaban J connectivity index is 1.68. The van der Waals surface area contributed by atoms with Crippen molar-refractivity contribution in [2.45, 2.75) is 45.3 Å². The molecule has 1 heterocycles. The molecule has 1 aliphatic carbocycles. The summed E-state index contributed by atoms with van der Waals surface area (Å²) in [6, 6.07) is 13.5. The summed E-state index contributed by atoms with van der Waals surface area (Å²) in [6.07, 6.45) is 2.60. The van der Waals surface area contributed by atoms with Gasteiger partial charge in [-0.25, -0.2) is 8.93 Å². The molecule has 2 unspecified atom stereocenters. The van der Waals surface area contributed by atoms with Crippen molar-refractivity contribution >= 4 is 22.6 Å². The predicted octanol–water partition coefficient (Wildman–Crippen LogP) is 4.63. The second kappa shape index (κ2) is 9.24. The highest BCUT2D eigenvalue weighted by atomic mass is 32.2. The van der Waals surface area contributed by atoms with Gasteiger partial charge in [0, 0.05) is 17.2 Å². The van der Waals surface area contributed by atoms with Gasteiger partial charge in [-0.3, -0.25) is 4.55 Å². The number of hydrogen-bond acceptors (Lipinski definition) is 6. The van der Waals surface area contributed by atoms with E-state index in [1.54, 1.807) is 12.1 Å². The zero-order chi connectivity index (χ0) is 22.0. The molecule has 0 amide bonds. The van der Waals surface area contributed by atoms with E-state index in [-0.39, 0.29) is 12.1 Å². The van der Waals surface area contributed by atoms with Gasteiger partial charge in [-0.15, -0.1) is 10.2 Å². The number of nitrogens with one attached hydrogen (secondary N) is 1. The van der Waals surface area contributed by atoms with Crippen LogP contribution in [0.3, 0.4) is 0 Å². The molecule has 2 aromatic carbocycles. The number of fused-ring (bicyclic) bond motifs is 1. The first-order valence-electron chi connectivity index (χ1n) is 10.00. The minimum atomic E-state index is -2.06. The average Bonchev–Trinajstić information content (AvgIpc) is 3.23. The van der Waals surface area contributed by atoms with Crippen molar-refractivity contribution in [3.05, 3.63) is 53.1 Å². The van der Waals surface area contributed by atoms with Crippen LogP contribution >= 0.6 is 11.3 Å². The standard InChI is InChI=1S/C22H22N4O3S2/c1-13(2)29-20-10-9-14(11-15(20)12-23)21-24-25-22(30-21)18-7-3-6-17-16(18)5-4-8-19(17)26-31(27)28/h3,6-7,9-11,13,19,26H,4-5,8H2,1-2H3,(H,27,28). The monoisotopic (exact) mass is 454 g/mol. The Morgan fingerprint density at radius 3 is 2.84 bits per heavy atom. The molecular weight excluding hydrogens is 432 g/mol. The van der Waals surface area contributed by atoms with Gasteiger partial charge in [0.25, 0.3) is 0 Å². The third-order valence-corrected chi connectivity index (χ3v) is 6.61. The Bertz CT molecular complexity index is 1170. The Morgan fingerprint density at radius 2 is 2.10 bits per heavy atom. The van der Waals surface area contributed by atoms with Crippen LogP contribution in [0.5, 0.6) is 5.75 Å². The molecule has 160 valence electrons. The number of nitriles is 1. The molecular formula is C22H22N4O3S2. The molecule has 0 saturated carbocycles. The molecule has 0 saturated heterocycles. The average molecular weight is 455 g/mol. The third kappa shape index (κ3) is 4.67. The van der Waals surface area contributed by atoms with Gasteiger partial charge in [-0.05, 0) is 62.4 Å². The number of aromatic nitrogens is 2. The molecule has 0 fully saturated rings. The van der Waals surface area contributed by atoms with Crippen molar-refractivity contribution in [2.75, 3.05) is 0 Å². The summed E-state index contributed by atoms with van der Waals surface area (Å²) in [5.74, 6) is 0.558. The van der Waals surface area contributed by atoms with Crippen molar-refractivity contribution in [3.63, 3.8) is 0 Å². The van der Waals surface area contributed by atoms with E-state index >= 15 is 0 Å². The fourth-order valence-electron chi connectivity index (χ4n) is 3.85. The Kier molecular flexibility index (Phi) is 6.43. The van der Waals surface area contributed by atoms with Gasteiger partial charge in [-0.2, -0.15) is 5.26 Å². The summed E-state index contributed by atoms with van der Waals surface area (Å²) in [7, 11) is 0. The summed E-state index contributed by atoms with van der Waals surface area (Å²) in [5.41, 5.74) is 4.45. The highest BCUT2D eigenvalue weighted by Crippen LogP contribution is 2.39. The van der Waals surface area contributed by atoms with Crippen LogP contribution < -0.4 is 9.46 Å². The summed E-state index contributed by atoms with van der Waals surface area (Å²) < 4.78 is 29.0. The molecule has 0 bridgehead atoms. The zero-order valence-electron chi connectivity index (χ0n) is 17.2. The molecule has 2 atom stereocenters. The van der Waals surface area contributed by atoms with Gasteiger partial charge in [0.15, 0.2) is 0 Å². The third-order valence-electron chi connectivity index (χ3n) is 5.12. The van der Waals surface area contributed by atoms with Crippen LogP contribution in [0.25, 0.3) is 21.1 Å².